The number of primary amides is 1. The fourth-order valence-electron chi connectivity index (χ4n) is 2.28. The summed E-state index contributed by atoms with van der Waals surface area (Å²) in [4.78, 5) is 28.2. The summed E-state index contributed by atoms with van der Waals surface area (Å²) >= 11 is 0. The lowest BCUT2D eigenvalue weighted by molar-refractivity contribution is -0.120. The number of nitrogens with one attached hydrogen (secondary N) is 1. The first-order chi connectivity index (χ1) is 10.6. The van der Waals surface area contributed by atoms with Crippen LogP contribution in [-0.4, -0.2) is 22.8 Å². The van der Waals surface area contributed by atoms with Gasteiger partial charge < -0.3 is 11.1 Å². The molecule has 1 atom stereocenters. The Morgan fingerprint density at radius 3 is 2.82 bits per heavy atom. The van der Waals surface area contributed by atoms with Gasteiger partial charge in [-0.05, 0) is 31.4 Å². The summed E-state index contributed by atoms with van der Waals surface area (Å²) in [5.74, 6) is -0.877. The van der Waals surface area contributed by atoms with E-state index in [4.69, 9.17) is 5.73 Å². The first-order valence-electron chi connectivity index (χ1n) is 7.18. The molecule has 0 saturated heterocycles. The Hall–Kier alpha value is -2.69. The number of benzene rings is 1. The summed E-state index contributed by atoms with van der Waals surface area (Å²) in [7, 11) is 0. The zero-order valence-electron chi connectivity index (χ0n) is 12.3. The Balaban J connectivity index is 2.18. The van der Waals surface area contributed by atoms with Crippen LogP contribution in [0.15, 0.2) is 49.2 Å². The number of aromatic nitrogens is 1. The van der Waals surface area contributed by atoms with Crippen molar-refractivity contribution in [2.24, 2.45) is 5.73 Å². The fraction of sp³-hybridized carbons (Fsp3) is 0.235. The van der Waals surface area contributed by atoms with Crippen molar-refractivity contribution >= 4 is 22.7 Å². The summed E-state index contributed by atoms with van der Waals surface area (Å²) < 4.78 is 0. The molecule has 2 rings (SSSR count). The van der Waals surface area contributed by atoms with Crippen LogP contribution < -0.4 is 11.1 Å². The Labute approximate surface area is 129 Å². The third kappa shape index (κ3) is 3.69. The zero-order chi connectivity index (χ0) is 15.9. The second-order valence-electron chi connectivity index (χ2n) is 5.03. The largest absolute Gasteiger partial charge is 0.368 e. The highest BCUT2D eigenvalue weighted by atomic mass is 16.2. The molecule has 22 heavy (non-hydrogen) atoms. The summed E-state index contributed by atoms with van der Waals surface area (Å²) in [5.41, 5.74) is 6.41. The van der Waals surface area contributed by atoms with Gasteiger partial charge in [0, 0.05) is 11.6 Å². The van der Waals surface area contributed by atoms with E-state index in [1.807, 2.05) is 18.2 Å². The molecular weight excluding hydrogens is 278 g/mol. The van der Waals surface area contributed by atoms with E-state index < -0.39 is 11.9 Å². The first-order valence-corrected chi connectivity index (χ1v) is 7.18. The number of carbonyl (C=O) groups excluding carboxylic acids is 2. The molecule has 114 valence electrons. The third-order valence-electron chi connectivity index (χ3n) is 3.43. The predicted octanol–water partition coefficient (Wildman–Crippen LogP) is 2.17. The predicted molar refractivity (Wildman–Crippen MR) is 86.2 cm³/mol. The molecule has 2 aromatic rings. The second kappa shape index (κ2) is 7.36. The molecule has 0 saturated carbocycles. The van der Waals surface area contributed by atoms with Gasteiger partial charge in [0.05, 0.1) is 11.1 Å². The molecule has 1 heterocycles. The van der Waals surface area contributed by atoms with Crippen molar-refractivity contribution in [1.29, 1.82) is 0 Å². The molecule has 1 aromatic heterocycles. The molecule has 0 aliphatic carbocycles. The Morgan fingerprint density at radius 2 is 2.09 bits per heavy atom. The van der Waals surface area contributed by atoms with Gasteiger partial charge in [0.25, 0.3) is 5.91 Å². The number of fused-ring (bicyclic) bond motifs is 1. The SMILES string of the molecule is C=CCCC[C@H](NC(=O)c1cccc2cccnc12)C(N)=O. The number of rotatable bonds is 7. The van der Waals surface area contributed by atoms with Crippen LogP contribution >= 0.6 is 0 Å². The van der Waals surface area contributed by atoms with Crippen LogP contribution in [0.2, 0.25) is 0 Å². The van der Waals surface area contributed by atoms with Gasteiger partial charge in [-0.1, -0.05) is 24.3 Å². The van der Waals surface area contributed by atoms with Gasteiger partial charge in [0.15, 0.2) is 0 Å². The number of nitrogens with zero attached hydrogens (tertiary/aromatic N) is 1. The van der Waals surface area contributed by atoms with Gasteiger partial charge in [-0.2, -0.15) is 0 Å². The maximum atomic E-state index is 12.4. The molecule has 1 aromatic carbocycles. The van der Waals surface area contributed by atoms with Crippen molar-refractivity contribution in [2.45, 2.75) is 25.3 Å². The molecule has 5 heteroatoms. The van der Waals surface area contributed by atoms with Crippen molar-refractivity contribution < 1.29 is 9.59 Å². The topological polar surface area (TPSA) is 85.1 Å². The van der Waals surface area contributed by atoms with E-state index in [2.05, 4.69) is 16.9 Å². The van der Waals surface area contributed by atoms with Crippen molar-refractivity contribution in [1.82, 2.24) is 10.3 Å². The van der Waals surface area contributed by atoms with Crippen molar-refractivity contribution in [3.8, 4) is 0 Å². The van der Waals surface area contributed by atoms with Gasteiger partial charge in [-0.3, -0.25) is 14.6 Å². The normalized spacial score (nSPS) is 11.8. The number of unbranched alkanes of at least 4 members (excludes halogenated alkanes) is 1. The average Bonchev–Trinajstić information content (AvgIpc) is 2.53. The van der Waals surface area contributed by atoms with Crippen molar-refractivity contribution in [3.63, 3.8) is 0 Å². The van der Waals surface area contributed by atoms with E-state index in [-0.39, 0.29) is 5.91 Å². The van der Waals surface area contributed by atoms with Crippen molar-refractivity contribution in [2.75, 3.05) is 0 Å². The summed E-state index contributed by atoms with van der Waals surface area (Å²) in [6.45, 7) is 3.63. The van der Waals surface area contributed by atoms with E-state index in [1.54, 1.807) is 24.4 Å². The maximum Gasteiger partial charge on any atom is 0.254 e. The number of pyridine rings is 1. The van der Waals surface area contributed by atoms with E-state index in [1.165, 1.54) is 0 Å². The number of nitrogens with two attached hydrogens (primary N) is 1. The standard InChI is InChI=1S/C17H19N3O2/c1-2-3-4-10-14(16(18)21)20-17(22)13-9-5-7-12-8-6-11-19-15(12)13/h2,5-9,11,14H,1,3-4,10H2,(H2,18,21)(H,20,22)/t14-/m0/s1. The van der Waals surface area contributed by atoms with Gasteiger partial charge >= 0.3 is 0 Å². The molecule has 0 spiro atoms. The summed E-state index contributed by atoms with van der Waals surface area (Å²) in [5, 5.41) is 3.57. The molecule has 3 N–H and O–H groups in total. The first kappa shape index (κ1) is 15.7. The van der Waals surface area contributed by atoms with Gasteiger partial charge in [-0.25, -0.2) is 0 Å². The quantitative estimate of drug-likeness (QED) is 0.606. The van der Waals surface area contributed by atoms with Gasteiger partial charge in [-0.15, -0.1) is 6.58 Å². The zero-order valence-corrected chi connectivity index (χ0v) is 12.3. The number of hydrogen-bond acceptors (Lipinski definition) is 3. The molecule has 0 fully saturated rings. The van der Waals surface area contributed by atoms with E-state index in [9.17, 15) is 9.59 Å². The van der Waals surface area contributed by atoms with Gasteiger partial charge in [0.1, 0.15) is 6.04 Å². The highest BCUT2D eigenvalue weighted by Gasteiger charge is 2.19. The molecule has 0 aliphatic rings. The minimum atomic E-state index is -0.689. The average molecular weight is 297 g/mol. The molecular formula is C17H19N3O2. The lowest BCUT2D eigenvalue weighted by Gasteiger charge is -2.15. The van der Waals surface area contributed by atoms with Gasteiger partial charge in [0.2, 0.25) is 5.91 Å². The third-order valence-corrected chi connectivity index (χ3v) is 3.43. The lowest BCUT2D eigenvalue weighted by atomic mass is 10.1. The molecule has 0 aliphatic heterocycles. The van der Waals surface area contributed by atoms with Crippen LogP contribution in [0.3, 0.4) is 0 Å². The summed E-state index contributed by atoms with van der Waals surface area (Å²) in [6, 6.07) is 8.36. The van der Waals surface area contributed by atoms with E-state index in [0.717, 1.165) is 18.2 Å². The Kier molecular flexibility index (Phi) is 5.25. The molecule has 0 bridgehead atoms. The number of carbonyl (C=O) groups is 2. The van der Waals surface area contributed by atoms with E-state index in [0.29, 0.717) is 17.5 Å². The minimum Gasteiger partial charge on any atom is -0.368 e. The monoisotopic (exact) mass is 297 g/mol. The highest BCUT2D eigenvalue weighted by Crippen LogP contribution is 2.16. The van der Waals surface area contributed by atoms with Crippen LogP contribution in [0.1, 0.15) is 29.6 Å². The van der Waals surface area contributed by atoms with Crippen LogP contribution in [-0.2, 0) is 4.79 Å². The smallest absolute Gasteiger partial charge is 0.254 e. The number of para-hydroxylation sites is 1. The molecule has 0 unspecified atom stereocenters. The second-order valence-corrected chi connectivity index (χ2v) is 5.03. The van der Waals surface area contributed by atoms with Crippen LogP contribution in [0.4, 0.5) is 0 Å². The minimum absolute atomic E-state index is 0.341. The number of amides is 2. The van der Waals surface area contributed by atoms with Crippen molar-refractivity contribution in [3.05, 3.63) is 54.7 Å². The molecule has 0 radical (unpaired) electrons. The fourth-order valence-corrected chi connectivity index (χ4v) is 2.28. The number of allylic oxidation sites excluding steroid dienone is 1. The van der Waals surface area contributed by atoms with Crippen LogP contribution in [0.25, 0.3) is 10.9 Å². The summed E-state index contributed by atoms with van der Waals surface area (Å²) in [6.07, 6.45) is 5.41. The van der Waals surface area contributed by atoms with E-state index >= 15 is 0 Å². The van der Waals surface area contributed by atoms with Crippen LogP contribution in [0, 0.1) is 0 Å². The molecule has 2 amide bonds. The Morgan fingerprint density at radius 1 is 1.32 bits per heavy atom. The van der Waals surface area contributed by atoms with Crippen LogP contribution in [0.5, 0.6) is 0 Å². The highest BCUT2D eigenvalue weighted by molar-refractivity contribution is 6.06. The Bertz CT molecular complexity index is 692. The number of hydrogen-bond donors (Lipinski definition) is 2. The molecule has 5 nitrogen and oxygen atoms in total. The maximum absolute atomic E-state index is 12.4. The lowest BCUT2D eigenvalue weighted by Crippen LogP contribution is -2.44.